The zero-order chi connectivity index (χ0) is 23.5. The fourth-order valence-corrected chi connectivity index (χ4v) is 4.38. The summed E-state index contributed by atoms with van der Waals surface area (Å²) < 4.78 is 33.5. The molecule has 5 nitrogen and oxygen atoms in total. The van der Waals surface area contributed by atoms with Crippen LogP contribution in [0.1, 0.15) is 57.7 Å². The maximum Gasteiger partial charge on any atom is 0.254 e. The molecule has 7 heteroatoms. The molecule has 1 atom stereocenters. The van der Waals surface area contributed by atoms with Crippen molar-refractivity contribution in [2.45, 2.75) is 31.7 Å². The Morgan fingerprint density at radius 1 is 1.03 bits per heavy atom. The summed E-state index contributed by atoms with van der Waals surface area (Å²) in [5, 5.41) is 0. The maximum absolute atomic E-state index is 14.0. The number of hydrogen-bond donors (Lipinski definition) is 0. The molecule has 0 N–H and O–H groups in total. The Kier molecular flexibility index (Phi) is 6.16. The predicted octanol–water partition coefficient (Wildman–Crippen LogP) is 5.51. The van der Waals surface area contributed by atoms with Crippen LogP contribution < -0.4 is 0 Å². The Morgan fingerprint density at radius 3 is 2.76 bits per heavy atom. The zero-order valence-electron chi connectivity index (χ0n) is 18.5. The highest BCUT2D eigenvalue weighted by Crippen LogP contribution is 2.33. The number of aromatic nitrogens is 2. The molecule has 1 aliphatic rings. The molecule has 4 aromatic rings. The topological polar surface area (TPSA) is 59.2 Å². The van der Waals surface area contributed by atoms with Crippen LogP contribution in [0.2, 0.25) is 0 Å². The summed E-state index contributed by atoms with van der Waals surface area (Å²) in [5.41, 5.74) is 2.45. The number of amides is 1. The first kappa shape index (κ1) is 21.9. The number of halogens is 2. The van der Waals surface area contributed by atoms with Gasteiger partial charge in [0.15, 0.2) is 0 Å². The van der Waals surface area contributed by atoms with Gasteiger partial charge in [-0.15, -0.1) is 0 Å². The second-order valence-corrected chi connectivity index (χ2v) is 8.43. The van der Waals surface area contributed by atoms with E-state index in [1.54, 1.807) is 53.7 Å². The first-order valence-corrected chi connectivity index (χ1v) is 11.2. The lowest BCUT2D eigenvalue weighted by Crippen LogP contribution is -2.30. The summed E-state index contributed by atoms with van der Waals surface area (Å²) in [5.74, 6) is 0.383. The van der Waals surface area contributed by atoms with Gasteiger partial charge in [-0.2, -0.15) is 0 Å². The SMILES string of the molecule is O=C(c1ccnc(Cc2ccccc2F)c1)N1CCCC1c1ncc(Cc2cccc(F)c2)o1. The summed E-state index contributed by atoms with van der Waals surface area (Å²) in [6.07, 6.45) is 5.54. The van der Waals surface area contributed by atoms with Crippen molar-refractivity contribution < 1.29 is 18.0 Å². The molecule has 3 heterocycles. The average molecular weight is 459 g/mol. The Balaban J connectivity index is 1.32. The summed E-state index contributed by atoms with van der Waals surface area (Å²) in [4.78, 5) is 23.8. The van der Waals surface area contributed by atoms with Crippen LogP contribution in [0.15, 0.2) is 77.5 Å². The van der Waals surface area contributed by atoms with E-state index in [0.717, 1.165) is 18.4 Å². The Bertz CT molecular complexity index is 1320. The van der Waals surface area contributed by atoms with Crippen molar-refractivity contribution in [3.63, 3.8) is 0 Å². The normalized spacial score (nSPS) is 15.6. The Labute approximate surface area is 196 Å². The van der Waals surface area contributed by atoms with Gasteiger partial charge in [0.1, 0.15) is 23.4 Å². The molecule has 2 aromatic heterocycles. The molecule has 0 radical (unpaired) electrons. The van der Waals surface area contributed by atoms with Gasteiger partial charge in [-0.1, -0.05) is 30.3 Å². The molecule has 0 aliphatic carbocycles. The molecular formula is C27H23F2N3O2. The second kappa shape index (κ2) is 9.55. The fourth-order valence-electron chi connectivity index (χ4n) is 4.38. The van der Waals surface area contributed by atoms with Crippen molar-refractivity contribution in [2.75, 3.05) is 6.54 Å². The van der Waals surface area contributed by atoms with Gasteiger partial charge in [-0.05, 0) is 54.3 Å². The number of nitrogens with zero attached hydrogens (tertiary/aromatic N) is 3. The highest BCUT2D eigenvalue weighted by molar-refractivity contribution is 5.94. The molecule has 0 bridgehead atoms. The molecule has 1 aliphatic heterocycles. The number of oxazole rings is 1. The minimum absolute atomic E-state index is 0.135. The minimum Gasteiger partial charge on any atom is -0.443 e. The van der Waals surface area contributed by atoms with Gasteiger partial charge in [-0.25, -0.2) is 13.8 Å². The minimum atomic E-state index is -0.295. The predicted molar refractivity (Wildman–Crippen MR) is 122 cm³/mol. The van der Waals surface area contributed by atoms with E-state index in [1.165, 1.54) is 18.2 Å². The van der Waals surface area contributed by atoms with E-state index < -0.39 is 0 Å². The molecule has 34 heavy (non-hydrogen) atoms. The quantitative estimate of drug-likeness (QED) is 0.382. The molecule has 1 fully saturated rings. The lowest BCUT2D eigenvalue weighted by Gasteiger charge is -2.22. The number of benzene rings is 2. The standard InChI is InChI=1S/C27H23F2N3O2/c28-21-7-3-5-18(13-21)14-23-17-31-26(34-23)25-9-4-12-32(25)27(33)20-10-11-30-22(16-20)15-19-6-1-2-8-24(19)29/h1-3,5-8,10-11,13,16-17,25H,4,9,12,14-15H2. The molecule has 1 saturated heterocycles. The largest absolute Gasteiger partial charge is 0.443 e. The number of pyridine rings is 1. The third-order valence-corrected chi connectivity index (χ3v) is 6.03. The lowest BCUT2D eigenvalue weighted by atomic mass is 10.1. The molecular weight excluding hydrogens is 436 g/mol. The van der Waals surface area contributed by atoms with Crippen LogP contribution in [0.25, 0.3) is 0 Å². The zero-order valence-corrected chi connectivity index (χ0v) is 18.5. The van der Waals surface area contributed by atoms with Crippen LogP contribution >= 0.6 is 0 Å². The number of carbonyl (C=O) groups excluding carboxylic acids is 1. The van der Waals surface area contributed by atoms with Crippen LogP contribution in [0.5, 0.6) is 0 Å². The summed E-state index contributed by atoms with van der Waals surface area (Å²) >= 11 is 0. The van der Waals surface area contributed by atoms with Crippen LogP contribution in [0.4, 0.5) is 8.78 Å². The number of carbonyl (C=O) groups is 1. The molecule has 2 aromatic carbocycles. The van der Waals surface area contributed by atoms with Crippen molar-refractivity contribution in [1.82, 2.24) is 14.9 Å². The van der Waals surface area contributed by atoms with Crippen LogP contribution in [0, 0.1) is 11.6 Å². The van der Waals surface area contributed by atoms with Gasteiger partial charge >= 0.3 is 0 Å². The van der Waals surface area contributed by atoms with Crippen molar-refractivity contribution >= 4 is 5.91 Å². The van der Waals surface area contributed by atoms with Gasteiger partial charge < -0.3 is 9.32 Å². The molecule has 1 amide bonds. The lowest BCUT2D eigenvalue weighted by molar-refractivity contribution is 0.0714. The highest BCUT2D eigenvalue weighted by Gasteiger charge is 2.34. The maximum atomic E-state index is 14.0. The van der Waals surface area contributed by atoms with Crippen molar-refractivity contribution in [1.29, 1.82) is 0 Å². The van der Waals surface area contributed by atoms with Crippen molar-refractivity contribution in [3.05, 3.63) is 119 Å². The summed E-state index contributed by atoms with van der Waals surface area (Å²) in [6, 6.07) is 16.0. The molecule has 0 spiro atoms. The Hall–Kier alpha value is -3.87. The number of likely N-dealkylation sites (tertiary alicyclic amines) is 1. The van der Waals surface area contributed by atoms with E-state index >= 15 is 0 Å². The van der Waals surface area contributed by atoms with Gasteiger partial charge in [0.2, 0.25) is 5.89 Å². The summed E-state index contributed by atoms with van der Waals surface area (Å²) in [6.45, 7) is 0.593. The second-order valence-electron chi connectivity index (χ2n) is 8.43. The van der Waals surface area contributed by atoms with E-state index in [0.29, 0.717) is 47.9 Å². The smallest absolute Gasteiger partial charge is 0.254 e. The van der Waals surface area contributed by atoms with Crippen LogP contribution in [0.3, 0.4) is 0 Å². The average Bonchev–Trinajstić information content (AvgIpc) is 3.50. The van der Waals surface area contributed by atoms with Gasteiger partial charge in [0, 0.05) is 36.8 Å². The monoisotopic (exact) mass is 459 g/mol. The first-order valence-electron chi connectivity index (χ1n) is 11.2. The molecule has 0 saturated carbocycles. The third kappa shape index (κ3) is 4.73. The summed E-state index contributed by atoms with van der Waals surface area (Å²) in [7, 11) is 0. The van der Waals surface area contributed by atoms with Crippen LogP contribution in [-0.4, -0.2) is 27.3 Å². The van der Waals surface area contributed by atoms with E-state index in [9.17, 15) is 13.6 Å². The van der Waals surface area contributed by atoms with E-state index in [-0.39, 0.29) is 23.6 Å². The Morgan fingerprint density at radius 2 is 1.91 bits per heavy atom. The molecule has 172 valence electrons. The van der Waals surface area contributed by atoms with Crippen LogP contribution in [-0.2, 0) is 12.8 Å². The van der Waals surface area contributed by atoms with E-state index in [1.807, 2.05) is 6.07 Å². The number of rotatable bonds is 6. The third-order valence-electron chi connectivity index (χ3n) is 6.03. The fraction of sp³-hybridized carbons (Fsp3) is 0.222. The molecule has 1 unspecified atom stereocenters. The van der Waals surface area contributed by atoms with Gasteiger partial charge in [0.05, 0.1) is 6.20 Å². The molecule has 5 rings (SSSR count). The van der Waals surface area contributed by atoms with Gasteiger partial charge in [-0.3, -0.25) is 9.78 Å². The van der Waals surface area contributed by atoms with Crippen molar-refractivity contribution in [3.8, 4) is 0 Å². The van der Waals surface area contributed by atoms with Gasteiger partial charge in [0.25, 0.3) is 5.91 Å². The highest BCUT2D eigenvalue weighted by atomic mass is 19.1. The number of hydrogen-bond acceptors (Lipinski definition) is 4. The first-order chi connectivity index (χ1) is 16.6. The van der Waals surface area contributed by atoms with Crippen molar-refractivity contribution in [2.24, 2.45) is 0 Å². The van der Waals surface area contributed by atoms with E-state index in [4.69, 9.17) is 4.42 Å². The van der Waals surface area contributed by atoms with E-state index in [2.05, 4.69) is 9.97 Å².